The third kappa shape index (κ3) is 16.9. The van der Waals surface area contributed by atoms with Gasteiger partial charge in [-0.05, 0) is 171 Å². The Hall–Kier alpha value is -6.28. The van der Waals surface area contributed by atoms with E-state index in [2.05, 4.69) is 54.7 Å². The number of carbonyl (C=O) groups is 8. The quantitative estimate of drug-likeness (QED) is 0.0561. The highest BCUT2D eigenvalue weighted by molar-refractivity contribution is 6.00. The number of unbranched alkanes of at least 4 members (excludes halogenated alkanes) is 2. The number of likely N-dealkylation sites (N-methyl/N-ethyl adjacent to an activating group) is 2. The summed E-state index contributed by atoms with van der Waals surface area (Å²) in [6.07, 6.45) is 10.2. The van der Waals surface area contributed by atoms with Crippen molar-refractivity contribution in [2.45, 2.75) is 165 Å². The molecule has 0 unspecified atom stereocenters. The first-order valence-corrected chi connectivity index (χ1v) is 27.9. The lowest BCUT2D eigenvalue weighted by Gasteiger charge is -2.32. The normalized spacial score (nSPS) is 19.8. The van der Waals surface area contributed by atoms with Gasteiger partial charge in [0, 0.05) is 37.3 Å². The number of hydrogen-bond acceptors (Lipinski definition) is 11. The SMILES string of the molecule is CN[C@@H](C)C(=O)N[C@@H](CCCCNC(=O)c1cc(O)cc(C(=O)NCCCC[C@H](NC(=O)[C@H](C)NC)C(=O)N2CCC[C@H]2C(=O)N[C@@H]2CCCc3ccccc32)c1)C(=O)N1CCC[C@H]1C(=O)N[C@@H]1CCCc2ccccc21.Cl.Cl. The Labute approximate surface area is 476 Å². The number of aromatic hydroxyl groups is 1. The average molecular weight is 1130 g/mol. The number of hydrogen-bond donors (Lipinski definition) is 9. The Morgan fingerprint density at radius 3 is 1.37 bits per heavy atom. The lowest BCUT2D eigenvalue weighted by Crippen LogP contribution is -2.55. The molecule has 0 bridgehead atoms. The molecule has 0 spiro atoms. The molecule has 2 heterocycles. The van der Waals surface area contributed by atoms with Crippen LogP contribution in [0, 0.1) is 0 Å². The molecule has 79 heavy (non-hydrogen) atoms. The van der Waals surface area contributed by atoms with Gasteiger partial charge in [-0.3, -0.25) is 38.4 Å². The molecule has 3 aromatic rings. The number of rotatable bonds is 24. The van der Waals surface area contributed by atoms with E-state index in [0.717, 1.165) is 49.7 Å². The molecule has 9 N–H and O–H groups in total. The minimum Gasteiger partial charge on any atom is -0.508 e. The van der Waals surface area contributed by atoms with Crippen molar-refractivity contribution in [2.75, 3.05) is 40.3 Å². The number of halogens is 2. The maximum Gasteiger partial charge on any atom is 0.251 e. The smallest absolute Gasteiger partial charge is 0.251 e. The molecule has 0 aromatic heterocycles. The standard InChI is InChI=1S/C58H80N10O9.2ClH/c1-36(59-3)51(70)65-47(57(76)67-31-15-27-49(67)55(74)63-45-25-13-19-38-17-5-7-21-43(38)45)23-9-11-29-61-53(72)40-33-41(35-42(69)34-40)54(73)62-30-12-10-24-48(66-52(71)37(2)60-4)58(77)68-32-16-28-50(68)56(75)64-46-26-14-20-39-18-6-8-22-44(39)46;;/h5-8,17-18,21-22,33-37,45-50,59-60,69H,9-16,19-20,23-32H2,1-4H3,(H,61,72)(H,62,73)(H,63,74)(H,64,75)(H,65,70)(H,66,71);2*1H/t36-,37-,45+,46+,47-,48-,49-,50-;;/m0../s1. The molecule has 2 aliphatic heterocycles. The van der Waals surface area contributed by atoms with Crippen LogP contribution in [0.5, 0.6) is 5.75 Å². The summed E-state index contributed by atoms with van der Waals surface area (Å²) in [4.78, 5) is 112. The van der Waals surface area contributed by atoms with Crippen LogP contribution in [-0.2, 0) is 41.6 Å². The number of aryl methyl sites for hydroxylation is 2. The molecule has 8 atom stereocenters. The van der Waals surface area contributed by atoms with E-state index in [4.69, 9.17) is 0 Å². The molecule has 2 saturated heterocycles. The van der Waals surface area contributed by atoms with Crippen LogP contribution in [0.25, 0.3) is 0 Å². The van der Waals surface area contributed by atoms with E-state index in [1.165, 1.54) is 29.3 Å². The van der Waals surface area contributed by atoms with Crippen LogP contribution >= 0.6 is 24.8 Å². The van der Waals surface area contributed by atoms with Gasteiger partial charge in [-0.25, -0.2) is 0 Å². The number of phenols is 1. The highest BCUT2D eigenvalue weighted by Gasteiger charge is 2.41. The van der Waals surface area contributed by atoms with Crippen LogP contribution in [0.1, 0.15) is 159 Å². The number of nitrogens with one attached hydrogen (secondary N) is 8. The first-order valence-electron chi connectivity index (χ1n) is 27.9. The Kier molecular flexibility index (Phi) is 24.9. The van der Waals surface area contributed by atoms with Gasteiger partial charge in [0.15, 0.2) is 0 Å². The summed E-state index contributed by atoms with van der Waals surface area (Å²) in [5.74, 6) is -3.06. The predicted octanol–water partition coefficient (Wildman–Crippen LogP) is 4.59. The maximum absolute atomic E-state index is 14.2. The van der Waals surface area contributed by atoms with Gasteiger partial charge in [0.25, 0.3) is 11.8 Å². The zero-order chi connectivity index (χ0) is 55.0. The fraction of sp³-hybridized carbons (Fsp3) is 0.552. The van der Waals surface area contributed by atoms with Crippen molar-refractivity contribution in [3.8, 4) is 5.75 Å². The number of amides is 8. The van der Waals surface area contributed by atoms with E-state index < -0.39 is 48.1 Å². The van der Waals surface area contributed by atoms with Gasteiger partial charge in [0.05, 0.1) is 24.2 Å². The van der Waals surface area contributed by atoms with Crippen molar-refractivity contribution in [3.63, 3.8) is 0 Å². The van der Waals surface area contributed by atoms with Gasteiger partial charge in [0.1, 0.15) is 29.9 Å². The molecule has 21 heteroatoms. The van der Waals surface area contributed by atoms with Crippen molar-refractivity contribution < 1.29 is 43.5 Å². The Bertz CT molecular complexity index is 2440. The van der Waals surface area contributed by atoms with Crippen molar-refractivity contribution in [1.82, 2.24) is 52.3 Å². The lowest BCUT2D eigenvalue weighted by molar-refractivity contribution is -0.142. The number of carbonyl (C=O) groups excluding carboxylic acids is 8. The minimum atomic E-state index is -0.894. The highest BCUT2D eigenvalue weighted by Crippen LogP contribution is 2.32. The molecule has 0 radical (unpaired) electrons. The van der Waals surface area contributed by atoms with E-state index in [0.29, 0.717) is 64.5 Å². The van der Waals surface area contributed by atoms with Gasteiger partial charge >= 0.3 is 0 Å². The number of benzene rings is 3. The number of nitrogens with zero attached hydrogens (tertiary/aromatic N) is 2. The summed E-state index contributed by atoms with van der Waals surface area (Å²) < 4.78 is 0. The average Bonchev–Trinajstić information content (AvgIpc) is 4.18. The molecular formula is C58H82Cl2N10O9. The molecule has 0 saturated carbocycles. The predicted molar refractivity (Wildman–Crippen MR) is 306 cm³/mol. The number of phenolic OH excluding ortho intramolecular Hbond substituents is 1. The highest BCUT2D eigenvalue weighted by atomic mass is 35.5. The van der Waals surface area contributed by atoms with Crippen LogP contribution < -0.4 is 42.5 Å². The van der Waals surface area contributed by atoms with Gasteiger partial charge in [-0.1, -0.05) is 48.5 Å². The van der Waals surface area contributed by atoms with E-state index in [1.807, 2.05) is 36.4 Å². The van der Waals surface area contributed by atoms with E-state index in [-0.39, 0.29) is 115 Å². The van der Waals surface area contributed by atoms with Crippen LogP contribution in [0.15, 0.2) is 66.7 Å². The summed E-state index contributed by atoms with van der Waals surface area (Å²) in [6, 6.07) is 15.7. The van der Waals surface area contributed by atoms with Gasteiger partial charge < -0.3 is 57.4 Å². The molecule has 19 nitrogen and oxygen atoms in total. The Morgan fingerprint density at radius 2 is 0.962 bits per heavy atom. The van der Waals surface area contributed by atoms with Crippen molar-refractivity contribution in [3.05, 3.63) is 100 Å². The summed E-state index contributed by atoms with van der Waals surface area (Å²) in [7, 11) is 3.31. The monoisotopic (exact) mass is 1130 g/mol. The second-order valence-corrected chi connectivity index (χ2v) is 21.1. The first-order chi connectivity index (χ1) is 37.2. The number of likely N-dealkylation sites (tertiary alicyclic amines) is 2. The van der Waals surface area contributed by atoms with Gasteiger partial charge in [0.2, 0.25) is 35.4 Å². The molecule has 7 rings (SSSR count). The third-order valence-electron chi connectivity index (χ3n) is 15.8. The molecule has 8 amide bonds. The lowest BCUT2D eigenvalue weighted by atomic mass is 9.87. The zero-order valence-corrected chi connectivity index (χ0v) is 47.7. The van der Waals surface area contributed by atoms with Crippen molar-refractivity contribution in [1.29, 1.82) is 0 Å². The third-order valence-corrected chi connectivity index (χ3v) is 15.8. The molecule has 3 aromatic carbocycles. The zero-order valence-electron chi connectivity index (χ0n) is 46.0. The summed E-state index contributed by atoms with van der Waals surface area (Å²) >= 11 is 0. The van der Waals surface area contributed by atoms with Crippen LogP contribution in [0.2, 0.25) is 0 Å². The van der Waals surface area contributed by atoms with E-state index in [1.54, 1.807) is 37.7 Å². The fourth-order valence-corrected chi connectivity index (χ4v) is 11.1. The summed E-state index contributed by atoms with van der Waals surface area (Å²) in [6.45, 7) is 4.59. The largest absolute Gasteiger partial charge is 0.508 e. The van der Waals surface area contributed by atoms with Gasteiger partial charge in [-0.15, -0.1) is 24.8 Å². The summed E-state index contributed by atoms with van der Waals surface area (Å²) in [5.41, 5.74) is 4.80. The van der Waals surface area contributed by atoms with E-state index in [9.17, 15) is 43.5 Å². The topological polar surface area (TPSA) is 260 Å². The minimum absolute atomic E-state index is 0. The van der Waals surface area contributed by atoms with Crippen molar-refractivity contribution in [2.24, 2.45) is 0 Å². The van der Waals surface area contributed by atoms with Crippen molar-refractivity contribution >= 4 is 72.1 Å². The van der Waals surface area contributed by atoms with E-state index >= 15 is 0 Å². The second kappa shape index (κ2) is 30.9. The molecule has 2 fully saturated rings. The first kappa shape index (κ1) is 63.6. The molecule has 2 aliphatic carbocycles. The van der Waals surface area contributed by atoms with Crippen LogP contribution in [0.4, 0.5) is 0 Å². The Balaban J connectivity index is 0.00000574. The van der Waals surface area contributed by atoms with Gasteiger partial charge in [-0.2, -0.15) is 0 Å². The molecular weight excluding hydrogens is 1050 g/mol. The maximum atomic E-state index is 14.2. The fourth-order valence-electron chi connectivity index (χ4n) is 11.1. The molecule has 432 valence electrons. The molecule has 4 aliphatic rings. The number of fused-ring (bicyclic) bond motifs is 2. The summed E-state index contributed by atoms with van der Waals surface area (Å²) in [5, 5.41) is 34.2. The second-order valence-electron chi connectivity index (χ2n) is 21.1. The van der Waals surface area contributed by atoms with Crippen LogP contribution in [0.3, 0.4) is 0 Å². The van der Waals surface area contributed by atoms with Crippen LogP contribution in [-0.4, -0.2) is 139 Å². The Morgan fingerprint density at radius 1 is 0.557 bits per heavy atom.